The lowest BCUT2D eigenvalue weighted by molar-refractivity contribution is -0.127. The standard InChI is InChI=1S/C19H26N4O2S/c1-5-7-15(24)20-16(13(4)6-2)17(25)21-19-23-22-18(26-19)14-10-8-12(3)9-11-14/h8-11,13,16H,5-7H2,1-4H3,(H,20,24)(H,21,23,25)/t13-,16+/m1/s1. The zero-order chi connectivity index (χ0) is 19.1. The third kappa shape index (κ3) is 5.36. The summed E-state index contributed by atoms with van der Waals surface area (Å²) < 4.78 is 0. The van der Waals surface area contributed by atoms with Crippen molar-refractivity contribution in [2.75, 3.05) is 5.32 Å². The molecule has 1 aromatic carbocycles. The van der Waals surface area contributed by atoms with E-state index in [0.29, 0.717) is 11.6 Å². The van der Waals surface area contributed by atoms with Crippen molar-refractivity contribution in [1.82, 2.24) is 15.5 Å². The molecule has 1 heterocycles. The highest BCUT2D eigenvalue weighted by molar-refractivity contribution is 7.18. The first-order chi connectivity index (χ1) is 12.4. The van der Waals surface area contributed by atoms with Gasteiger partial charge in [-0.1, -0.05) is 68.4 Å². The van der Waals surface area contributed by atoms with Crippen LogP contribution in [0.25, 0.3) is 10.6 Å². The maximum absolute atomic E-state index is 12.7. The molecular formula is C19H26N4O2S. The van der Waals surface area contributed by atoms with Crippen molar-refractivity contribution in [2.24, 2.45) is 5.92 Å². The van der Waals surface area contributed by atoms with Crippen molar-refractivity contribution < 1.29 is 9.59 Å². The molecule has 0 aliphatic rings. The van der Waals surface area contributed by atoms with Gasteiger partial charge in [-0.2, -0.15) is 0 Å². The minimum atomic E-state index is -0.578. The number of carbonyl (C=O) groups is 2. The topological polar surface area (TPSA) is 84.0 Å². The Kier molecular flexibility index (Phi) is 7.26. The largest absolute Gasteiger partial charge is 0.344 e. The van der Waals surface area contributed by atoms with Crippen molar-refractivity contribution in [3.63, 3.8) is 0 Å². The molecule has 0 bridgehead atoms. The van der Waals surface area contributed by atoms with Gasteiger partial charge < -0.3 is 5.32 Å². The molecule has 2 amide bonds. The number of hydrogen-bond acceptors (Lipinski definition) is 5. The smallest absolute Gasteiger partial charge is 0.249 e. The number of aryl methyl sites for hydroxylation is 1. The summed E-state index contributed by atoms with van der Waals surface area (Å²) in [4.78, 5) is 24.6. The van der Waals surface area contributed by atoms with Crippen LogP contribution < -0.4 is 10.6 Å². The molecule has 7 heteroatoms. The molecule has 1 aromatic heterocycles. The number of amides is 2. The fraction of sp³-hybridized carbons (Fsp3) is 0.474. The Morgan fingerprint density at radius 3 is 2.46 bits per heavy atom. The van der Waals surface area contributed by atoms with Gasteiger partial charge in [-0.15, -0.1) is 10.2 Å². The van der Waals surface area contributed by atoms with Crippen molar-refractivity contribution in [1.29, 1.82) is 0 Å². The number of aromatic nitrogens is 2. The number of hydrogen-bond donors (Lipinski definition) is 2. The van der Waals surface area contributed by atoms with Crippen LogP contribution in [0, 0.1) is 12.8 Å². The van der Waals surface area contributed by atoms with Crippen LogP contribution in [0.4, 0.5) is 5.13 Å². The van der Waals surface area contributed by atoms with Gasteiger partial charge >= 0.3 is 0 Å². The molecule has 26 heavy (non-hydrogen) atoms. The Bertz CT molecular complexity index is 742. The Hall–Kier alpha value is -2.28. The van der Waals surface area contributed by atoms with Gasteiger partial charge in [0.15, 0.2) is 0 Å². The number of nitrogens with zero attached hydrogens (tertiary/aromatic N) is 2. The maximum atomic E-state index is 12.7. The van der Waals surface area contributed by atoms with Crippen LogP contribution in [0.15, 0.2) is 24.3 Å². The summed E-state index contributed by atoms with van der Waals surface area (Å²) >= 11 is 1.32. The summed E-state index contributed by atoms with van der Waals surface area (Å²) in [6, 6.07) is 7.41. The Morgan fingerprint density at radius 2 is 1.85 bits per heavy atom. The Labute approximate surface area is 158 Å². The molecule has 0 spiro atoms. The second-order valence-electron chi connectivity index (χ2n) is 6.45. The molecule has 2 aromatic rings. The lowest BCUT2D eigenvalue weighted by atomic mass is 9.98. The molecule has 2 atom stereocenters. The lowest BCUT2D eigenvalue weighted by Gasteiger charge is -2.22. The van der Waals surface area contributed by atoms with E-state index in [1.54, 1.807) is 0 Å². The van der Waals surface area contributed by atoms with Crippen molar-refractivity contribution in [3.8, 4) is 10.6 Å². The van der Waals surface area contributed by atoms with E-state index in [2.05, 4.69) is 20.8 Å². The SMILES string of the molecule is CCCC(=O)N[C@H](C(=O)Nc1nnc(-c2ccc(C)cc2)s1)[C@H](C)CC. The van der Waals surface area contributed by atoms with E-state index in [9.17, 15) is 9.59 Å². The molecule has 0 aliphatic heterocycles. The van der Waals surface area contributed by atoms with E-state index in [-0.39, 0.29) is 17.7 Å². The maximum Gasteiger partial charge on any atom is 0.249 e. The summed E-state index contributed by atoms with van der Waals surface area (Å²) in [5, 5.41) is 15.0. The molecule has 6 nitrogen and oxygen atoms in total. The van der Waals surface area contributed by atoms with Crippen LogP contribution in [-0.2, 0) is 9.59 Å². The Morgan fingerprint density at radius 1 is 1.15 bits per heavy atom. The van der Waals surface area contributed by atoms with Crippen molar-refractivity contribution >= 4 is 28.3 Å². The highest BCUT2D eigenvalue weighted by atomic mass is 32.1. The molecule has 0 saturated heterocycles. The molecule has 0 fully saturated rings. The van der Waals surface area contributed by atoms with Gasteiger partial charge in [-0.25, -0.2) is 0 Å². The molecule has 140 valence electrons. The van der Waals surface area contributed by atoms with Gasteiger partial charge in [0.25, 0.3) is 0 Å². The predicted octanol–water partition coefficient (Wildman–Crippen LogP) is 3.78. The zero-order valence-electron chi connectivity index (χ0n) is 15.7. The van der Waals surface area contributed by atoms with Gasteiger partial charge in [-0.3, -0.25) is 14.9 Å². The van der Waals surface area contributed by atoms with Gasteiger partial charge in [0.05, 0.1) is 0 Å². The van der Waals surface area contributed by atoms with Gasteiger partial charge in [0.2, 0.25) is 16.9 Å². The van der Waals surface area contributed by atoms with E-state index in [0.717, 1.165) is 23.4 Å². The average molecular weight is 375 g/mol. The first-order valence-electron chi connectivity index (χ1n) is 8.95. The van der Waals surface area contributed by atoms with Gasteiger partial charge in [0, 0.05) is 12.0 Å². The summed E-state index contributed by atoms with van der Waals surface area (Å²) in [5.74, 6) is -0.332. The van der Waals surface area contributed by atoms with Crippen molar-refractivity contribution in [3.05, 3.63) is 29.8 Å². The first kappa shape index (κ1) is 20.0. The monoisotopic (exact) mass is 374 g/mol. The van der Waals surface area contributed by atoms with Gasteiger partial charge in [-0.05, 0) is 19.3 Å². The molecule has 0 unspecified atom stereocenters. The second kappa shape index (κ2) is 9.43. The third-order valence-electron chi connectivity index (χ3n) is 4.24. The molecule has 0 saturated carbocycles. The molecule has 0 aliphatic carbocycles. The van der Waals surface area contributed by atoms with E-state index in [1.807, 2.05) is 52.0 Å². The summed E-state index contributed by atoms with van der Waals surface area (Å²) in [6.45, 7) is 7.91. The van der Waals surface area contributed by atoms with E-state index >= 15 is 0 Å². The summed E-state index contributed by atoms with van der Waals surface area (Å²) in [6.07, 6.45) is 1.95. The zero-order valence-corrected chi connectivity index (χ0v) is 16.5. The van der Waals surface area contributed by atoms with E-state index in [1.165, 1.54) is 16.9 Å². The number of nitrogens with one attached hydrogen (secondary N) is 2. The van der Waals surface area contributed by atoms with Crippen LogP contribution in [0.5, 0.6) is 0 Å². The normalized spacial score (nSPS) is 13.1. The summed E-state index contributed by atoms with van der Waals surface area (Å²) in [5.41, 5.74) is 2.13. The van der Waals surface area contributed by atoms with Crippen LogP contribution in [0.2, 0.25) is 0 Å². The highest BCUT2D eigenvalue weighted by Crippen LogP contribution is 2.26. The molecule has 0 radical (unpaired) electrons. The van der Waals surface area contributed by atoms with E-state index in [4.69, 9.17) is 0 Å². The lowest BCUT2D eigenvalue weighted by Crippen LogP contribution is -2.47. The fourth-order valence-electron chi connectivity index (χ4n) is 2.44. The van der Waals surface area contributed by atoms with Crippen LogP contribution >= 0.6 is 11.3 Å². The number of carbonyl (C=O) groups excluding carboxylic acids is 2. The average Bonchev–Trinajstić information content (AvgIpc) is 3.08. The first-order valence-corrected chi connectivity index (χ1v) is 9.77. The molecule has 2 rings (SSSR count). The highest BCUT2D eigenvalue weighted by Gasteiger charge is 2.26. The Balaban J connectivity index is 2.08. The van der Waals surface area contributed by atoms with Crippen molar-refractivity contribution in [2.45, 2.75) is 53.0 Å². The fourth-order valence-corrected chi connectivity index (χ4v) is 3.20. The quantitative estimate of drug-likeness (QED) is 0.736. The summed E-state index contributed by atoms with van der Waals surface area (Å²) in [7, 11) is 0. The van der Waals surface area contributed by atoms with E-state index < -0.39 is 6.04 Å². The second-order valence-corrected chi connectivity index (χ2v) is 7.43. The predicted molar refractivity (Wildman–Crippen MR) is 105 cm³/mol. The molecular weight excluding hydrogens is 348 g/mol. The molecule has 2 N–H and O–H groups in total. The third-order valence-corrected chi connectivity index (χ3v) is 5.13. The van der Waals surface area contributed by atoms with Crippen LogP contribution in [0.1, 0.15) is 45.6 Å². The van der Waals surface area contributed by atoms with Crippen LogP contribution in [0.3, 0.4) is 0 Å². The van der Waals surface area contributed by atoms with Crippen LogP contribution in [-0.4, -0.2) is 28.1 Å². The minimum absolute atomic E-state index is 0.0281. The number of anilines is 1. The minimum Gasteiger partial charge on any atom is -0.344 e. The van der Waals surface area contributed by atoms with Gasteiger partial charge in [0.1, 0.15) is 11.0 Å². The number of benzene rings is 1. The number of rotatable bonds is 8.